The summed E-state index contributed by atoms with van der Waals surface area (Å²) in [5, 5.41) is 0. The van der Waals surface area contributed by atoms with Crippen molar-refractivity contribution >= 4 is 5.78 Å². The minimum atomic E-state index is 0.343. The molecule has 0 aromatic heterocycles. The molecule has 0 spiro atoms. The van der Waals surface area contributed by atoms with Crippen molar-refractivity contribution in [1.82, 2.24) is 0 Å². The summed E-state index contributed by atoms with van der Waals surface area (Å²) in [5.74, 6) is 2.62. The van der Waals surface area contributed by atoms with Crippen LogP contribution in [-0.2, 0) is 11.2 Å². The van der Waals surface area contributed by atoms with E-state index >= 15 is 0 Å². The maximum absolute atomic E-state index is 12.5. The summed E-state index contributed by atoms with van der Waals surface area (Å²) >= 11 is 0. The van der Waals surface area contributed by atoms with E-state index in [-0.39, 0.29) is 0 Å². The number of Topliss-reactive ketones (excluding diaryl/α,β-unsaturated/α-hetero) is 1. The first-order chi connectivity index (χ1) is 9.72. The molecule has 3 unspecified atom stereocenters. The largest absolute Gasteiger partial charge is 0.299 e. The monoisotopic (exact) mass is 270 g/mol. The van der Waals surface area contributed by atoms with Crippen molar-refractivity contribution in [3.05, 3.63) is 35.4 Å². The van der Waals surface area contributed by atoms with Gasteiger partial charge in [-0.2, -0.15) is 0 Å². The molecule has 1 aromatic rings. The Balaban J connectivity index is 1.58. The highest BCUT2D eigenvalue weighted by Crippen LogP contribution is 2.43. The molecule has 0 aliphatic heterocycles. The van der Waals surface area contributed by atoms with Gasteiger partial charge in [0.2, 0.25) is 0 Å². The van der Waals surface area contributed by atoms with Crippen molar-refractivity contribution in [2.75, 3.05) is 0 Å². The number of rotatable bonds is 3. The average molecular weight is 270 g/mol. The van der Waals surface area contributed by atoms with Gasteiger partial charge >= 0.3 is 0 Å². The second-order valence-electron chi connectivity index (χ2n) is 6.94. The molecule has 2 aliphatic rings. The zero-order valence-electron chi connectivity index (χ0n) is 12.6. The van der Waals surface area contributed by atoms with E-state index in [2.05, 4.69) is 31.2 Å². The molecule has 3 rings (SSSR count). The van der Waals surface area contributed by atoms with Gasteiger partial charge in [-0.1, -0.05) is 55.5 Å². The average Bonchev–Trinajstić information content (AvgIpc) is 2.49. The molecule has 2 aliphatic carbocycles. The number of carbonyl (C=O) groups is 1. The van der Waals surface area contributed by atoms with Crippen LogP contribution >= 0.6 is 0 Å². The fraction of sp³-hybridized carbons (Fsp3) is 0.632. The molecule has 2 fully saturated rings. The third kappa shape index (κ3) is 3.13. The zero-order valence-corrected chi connectivity index (χ0v) is 12.6. The highest BCUT2D eigenvalue weighted by Gasteiger charge is 2.34. The van der Waals surface area contributed by atoms with E-state index < -0.39 is 0 Å². The van der Waals surface area contributed by atoms with E-state index in [9.17, 15) is 4.79 Å². The van der Waals surface area contributed by atoms with Gasteiger partial charge in [0.25, 0.3) is 0 Å². The topological polar surface area (TPSA) is 17.1 Å². The van der Waals surface area contributed by atoms with E-state index in [1.165, 1.54) is 49.7 Å². The van der Waals surface area contributed by atoms with E-state index in [0.717, 1.165) is 18.3 Å². The number of aryl methyl sites for hydroxylation is 1. The highest BCUT2D eigenvalue weighted by atomic mass is 16.1. The Morgan fingerprint density at radius 3 is 2.45 bits per heavy atom. The molecule has 3 atom stereocenters. The van der Waals surface area contributed by atoms with E-state index in [0.29, 0.717) is 18.1 Å². The van der Waals surface area contributed by atoms with Crippen molar-refractivity contribution in [2.24, 2.45) is 17.8 Å². The number of benzene rings is 1. The lowest BCUT2D eigenvalue weighted by Crippen LogP contribution is -2.31. The van der Waals surface area contributed by atoms with Crippen LogP contribution in [0.3, 0.4) is 0 Å². The number of hydrogen-bond donors (Lipinski definition) is 0. The molecule has 20 heavy (non-hydrogen) atoms. The standard InChI is InChI=1S/C19H26O/c1-14-6-8-15(9-7-14)12-19(20)18-11-10-16-4-2-3-5-17(16)13-18/h6-9,16-18H,2-5,10-13H2,1H3. The summed E-state index contributed by atoms with van der Waals surface area (Å²) in [6.07, 6.45) is 9.87. The summed E-state index contributed by atoms with van der Waals surface area (Å²) in [5.41, 5.74) is 2.45. The first-order valence-electron chi connectivity index (χ1n) is 8.30. The van der Waals surface area contributed by atoms with Crippen molar-refractivity contribution in [3.8, 4) is 0 Å². The van der Waals surface area contributed by atoms with Crippen molar-refractivity contribution in [3.63, 3.8) is 0 Å². The molecule has 1 aromatic carbocycles. The van der Waals surface area contributed by atoms with Crippen molar-refractivity contribution in [2.45, 2.75) is 58.3 Å². The molecule has 0 bridgehead atoms. The maximum Gasteiger partial charge on any atom is 0.140 e. The van der Waals surface area contributed by atoms with Gasteiger partial charge in [0, 0.05) is 12.3 Å². The second kappa shape index (κ2) is 6.11. The van der Waals surface area contributed by atoms with Gasteiger partial charge in [-0.25, -0.2) is 0 Å². The SMILES string of the molecule is Cc1ccc(CC(=O)C2CCC3CCCCC3C2)cc1. The minimum absolute atomic E-state index is 0.343. The fourth-order valence-corrected chi connectivity index (χ4v) is 4.22. The van der Waals surface area contributed by atoms with Crippen LogP contribution in [-0.4, -0.2) is 5.78 Å². The molecule has 0 heterocycles. The summed E-state index contributed by atoms with van der Waals surface area (Å²) in [4.78, 5) is 12.5. The number of ketones is 1. The second-order valence-corrected chi connectivity index (χ2v) is 6.94. The normalized spacial score (nSPS) is 29.8. The lowest BCUT2D eigenvalue weighted by molar-refractivity contribution is -0.124. The lowest BCUT2D eigenvalue weighted by Gasteiger charge is -2.38. The predicted molar refractivity (Wildman–Crippen MR) is 82.7 cm³/mol. The molecule has 0 amide bonds. The number of fused-ring (bicyclic) bond motifs is 1. The Hall–Kier alpha value is -1.11. The van der Waals surface area contributed by atoms with Crippen LogP contribution in [0.1, 0.15) is 56.1 Å². The Bertz CT molecular complexity index is 459. The number of hydrogen-bond acceptors (Lipinski definition) is 1. The van der Waals surface area contributed by atoms with Crippen LogP contribution < -0.4 is 0 Å². The third-order valence-corrected chi connectivity index (χ3v) is 5.49. The first-order valence-corrected chi connectivity index (χ1v) is 8.30. The smallest absolute Gasteiger partial charge is 0.140 e. The van der Waals surface area contributed by atoms with Gasteiger partial charge in [-0.3, -0.25) is 4.79 Å². The summed E-state index contributed by atoms with van der Waals surface area (Å²) in [6, 6.07) is 8.44. The van der Waals surface area contributed by atoms with Crippen LogP contribution in [0.25, 0.3) is 0 Å². The first kappa shape index (κ1) is 13.9. The van der Waals surface area contributed by atoms with Crippen LogP contribution in [0.4, 0.5) is 0 Å². The van der Waals surface area contributed by atoms with Gasteiger partial charge in [0.15, 0.2) is 0 Å². The maximum atomic E-state index is 12.5. The van der Waals surface area contributed by atoms with Crippen molar-refractivity contribution < 1.29 is 4.79 Å². The van der Waals surface area contributed by atoms with Crippen LogP contribution in [0.15, 0.2) is 24.3 Å². The van der Waals surface area contributed by atoms with Crippen LogP contribution in [0.5, 0.6) is 0 Å². The van der Waals surface area contributed by atoms with Gasteiger partial charge in [-0.05, 0) is 43.6 Å². The van der Waals surface area contributed by atoms with E-state index in [1.807, 2.05) is 0 Å². The molecule has 0 N–H and O–H groups in total. The molecule has 1 heteroatoms. The summed E-state index contributed by atoms with van der Waals surface area (Å²) in [6.45, 7) is 2.09. The van der Waals surface area contributed by atoms with Crippen LogP contribution in [0, 0.1) is 24.7 Å². The van der Waals surface area contributed by atoms with Gasteiger partial charge in [0.1, 0.15) is 5.78 Å². The van der Waals surface area contributed by atoms with E-state index in [4.69, 9.17) is 0 Å². The van der Waals surface area contributed by atoms with Gasteiger partial charge in [0.05, 0.1) is 0 Å². The Labute approximate surface area is 122 Å². The molecule has 1 nitrogen and oxygen atoms in total. The summed E-state index contributed by atoms with van der Waals surface area (Å²) in [7, 11) is 0. The Kier molecular flexibility index (Phi) is 4.24. The minimum Gasteiger partial charge on any atom is -0.299 e. The summed E-state index contributed by atoms with van der Waals surface area (Å²) < 4.78 is 0. The molecule has 0 radical (unpaired) electrons. The zero-order chi connectivity index (χ0) is 13.9. The quantitative estimate of drug-likeness (QED) is 0.777. The lowest BCUT2D eigenvalue weighted by atomic mass is 9.66. The Morgan fingerprint density at radius 2 is 1.70 bits per heavy atom. The van der Waals surface area contributed by atoms with Gasteiger partial charge < -0.3 is 0 Å². The fourth-order valence-electron chi connectivity index (χ4n) is 4.22. The van der Waals surface area contributed by atoms with Gasteiger partial charge in [-0.15, -0.1) is 0 Å². The molecule has 2 saturated carbocycles. The molecular weight excluding hydrogens is 244 g/mol. The predicted octanol–water partition coefficient (Wildman–Crippen LogP) is 4.71. The molecule has 108 valence electrons. The number of carbonyl (C=O) groups excluding carboxylic acids is 1. The molecular formula is C19H26O. The highest BCUT2D eigenvalue weighted by molar-refractivity contribution is 5.83. The van der Waals surface area contributed by atoms with Crippen molar-refractivity contribution in [1.29, 1.82) is 0 Å². The van der Waals surface area contributed by atoms with Crippen LogP contribution in [0.2, 0.25) is 0 Å². The molecule has 0 saturated heterocycles. The third-order valence-electron chi connectivity index (χ3n) is 5.49. The van der Waals surface area contributed by atoms with E-state index in [1.54, 1.807) is 0 Å². The Morgan fingerprint density at radius 1 is 1.00 bits per heavy atom.